The number of hydrogen-bond acceptors (Lipinski definition) is 1. The van der Waals surface area contributed by atoms with Gasteiger partial charge in [0.1, 0.15) is 11.6 Å². The molecule has 0 unspecified atom stereocenters. The quantitative estimate of drug-likeness (QED) is 0.876. The van der Waals surface area contributed by atoms with E-state index >= 15 is 0 Å². The van der Waals surface area contributed by atoms with Gasteiger partial charge in [-0.2, -0.15) is 0 Å². The number of amides is 1. The van der Waals surface area contributed by atoms with Crippen LogP contribution >= 0.6 is 15.9 Å². The summed E-state index contributed by atoms with van der Waals surface area (Å²) in [6, 6.07) is 8.19. The van der Waals surface area contributed by atoms with E-state index in [0.717, 1.165) is 6.07 Å². The Morgan fingerprint density at radius 3 is 2.58 bits per heavy atom. The largest absolute Gasteiger partial charge is 0.322 e. The molecule has 0 radical (unpaired) electrons. The normalized spacial score (nSPS) is 10.3. The van der Waals surface area contributed by atoms with Gasteiger partial charge in [0.05, 0.1) is 4.47 Å². The first kappa shape index (κ1) is 13.7. The van der Waals surface area contributed by atoms with E-state index in [4.69, 9.17) is 0 Å². The Balaban J connectivity index is 2.25. The first-order chi connectivity index (χ1) is 8.97. The molecular formula is C14H10BrF2NO. The van der Waals surface area contributed by atoms with Crippen LogP contribution in [0.4, 0.5) is 14.5 Å². The maximum atomic E-state index is 13.3. The van der Waals surface area contributed by atoms with Gasteiger partial charge in [0.15, 0.2) is 0 Å². The van der Waals surface area contributed by atoms with E-state index in [1.54, 1.807) is 13.0 Å². The molecule has 2 rings (SSSR count). The Bertz CT molecular complexity index is 643. The Hall–Kier alpha value is -1.75. The number of hydrogen-bond donors (Lipinski definition) is 1. The van der Waals surface area contributed by atoms with E-state index in [1.165, 1.54) is 24.3 Å². The second-order valence-corrected chi connectivity index (χ2v) is 4.90. The molecule has 2 nitrogen and oxygen atoms in total. The van der Waals surface area contributed by atoms with Crippen LogP contribution in [0.2, 0.25) is 0 Å². The molecule has 19 heavy (non-hydrogen) atoms. The number of rotatable bonds is 2. The van der Waals surface area contributed by atoms with Crippen molar-refractivity contribution >= 4 is 27.5 Å². The molecular weight excluding hydrogens is 316 g/mol. The van der Waals surface area contributed by atoms with Crippen molar-refractivity contribution in [2.45, 2.75) is 6.92 Å². The Labute approximate surface area is 117 Å². The lowest BCUT2D eigenvalue weighted by atomic mass is 10.1. The van der Waals surface area contributed by atoms with Crippen LogP contribution in [0.15, 0.2) is 40.9 Å². The lowest BCUT2D eigenvalue weighted by Gasteiger charge is -2.08. The maximum absolute atomic E-state index is 13.3. The van der Waals surface area contributed by atoms with Crippen molar-refractivity contribution in [3.05, 3.63) is 63.6 Å². The minimum absolute atomic E-state index is 0.225. The summed E-state index contributed by atoms with van der Waals surface area (Å²) < 4.78 is 26.7. The van der Waals surface area contributed by atoms with Crippen molar-refractivity contribution in [3.8, 4) is 0 Å². The van der Waals surface area contributed by atoms with Crippen LogP contribution in [0.5, 0.6) is 0 Å². The van der Waals surface area contributed by atoms with Crippen LogP contribution in [-0.4, -0.2) is 5.91 Å². The predicted octanol–water partition coefficient (Wildman–Crippen LogP) is 4.29. The van der Waals surface area contributed by atoms with E-state index in [2.05, 4.69) is 21.2 Å². The van der Waals surface area contributed by atoms with Crippen LogP contribution in [0.25, 0.3) is 0 Å². The summed E-state index contributed by atoms with van der Waals surface area (Å²) in [5.41, 5.74) is 1.19. The van der Waals surface area contributed by atoms with Crippen molar-refractivity contribution in [2.24, 2.45) is 0 Å². The molecule has 2 aromatic carbocycles. The molecule has 1 amide bonds. The molecule has 5 heteroatoms. The zero-order valence-electron chi connectivity index (χ0n) is 10.0. The van der Waals surface area contributed by atoms with E-state index in [0.29, 0.717) is 15.7 Å². The molecule has 0 bridgehead atoms. The molecule has 0 spiro atoms. The molecule has 2 aromatic rings. The van der Waals surface area contributed by atoms with Gasteiger partial charge in [-0.1, -0.05) is 6.07 Å². The Morgan fingerprint density at radius 1 is 1.16 bits per heavy atom. The van der Waals surface area contributed by atoms with Crippen molar-refractivity contribution < 1.29 is 13.6 Å². The molecule has 0 atom stereocenters. The monoisotopic (exact) mass is 325 g/mol. The number of carbonyl (C=O) groups excluding carboxylic acids is 1. The van der Waals surface area contributed by atoms with Gasteiger partial charge >= 0.3 is 0 Å². The van der Waals surface area contributed by atoms with Gasteiger partial charge in [-0.25, -0.2) is 8.78 Å². The number of halogens is 3. The molecule has 98 valence electrons. The third-order valence-electron chi connectivity index (χ3n) is 2.62. The van der Waals surface area contributed by atoms with Crippen LogP contribution in [0.3, 0.4) is 0 Å². The molecule has 0 aliphatic heterocycles. The summed E-state index contributed by atoms with van der Waals surface area (Å²) in [4.78, 5) is 12.0. The van der Waals surface area contributed by atoms with Gasteiger partial charge in [0.2, 0.25) is 0 Å². The summed E-state index contributed by atoms with van der Waals surface area (Å²) in [6.45, 7) is 1.70. The number of aryl methyl sites for hydroxylation is 1. The van der Waals surface area contributed by atoms with Crippen molar-refractivity contribution in [1.82, 2.24) is 0 Å². The highest BCUT2D eigenvalue weighted by Crippen LogP contribution is 2.20. The number of anilines is 1. The highest BCUT2D eigenvalue weighted by Gasteiger charge is 2.11. The molecule has 0 saturated heterocycles. The first-order valence-corrected chi connectivity index (χ1v) is 6.29. The van der Waals surface area contributed by atoms with Crippen LogP contribution < -0.4 is 5.32 Å². The van der Waals surface area contributed by atoms with E-state index in [1.807, 2.05) is 0 Å². The summed E-state index contributed by atoms with van der Waals surface area (Å²) in [5.74, 6) is -1.44. The minimum Gasteiger partial charge on any atom is -0.322 e. The number of carbonyl (C=O) groups is 1. The molecule has 0 aliphatic carbocycles. The topological polar surface area (TPSA) is 29.1 Å². The summed E-state index contributed by atoms with van der Waals surface area (Å²) in [7, 11) is 0. The molecule has 0 aliphatic rings. The molecule has 0 fully saturated rings. The van der Waals surface area contributed by atoms with Gasteiger partial charge in [-0.05, 0) is 58.7 Å². The number of nitrogens with one attached hydrogen (secondary N) is 1. The van der Waals surface area contributed by atoms with Crippen molar-refractivity contribution in [3.63, 3.8) is 0 Å². The fraction of sp³-hybridized carbons (Fsp3) is 0.0714. The molecule has 0 saturated carbocycles. The molecule has 0 heterocycles. The predicted molar refractivity (Wildman–Crippen MR) is 73.2 cm³/mol. The molecule has 1 N–H and O–H groups in total. The maximum Gasteiger partial charge on any atom is 0.256 e. The fourth-order valence-corrected chi connectivity index (χ4v) is 1.86. The highest BCUT2D eigenvalue weighted by atomic mass is 79.9. The van der Waals surface area contributed by atoms with Crippen LogP contribution in [-0.2, 0) is 0 Å². The highest BCUT2D eigenvalue weighted by molar-refractivity contribution is 9.10. The van der Waals surface area contributed by atoms with Gasteiger partial charge in [-0.3, -0.25) is 4.79 Å². The summed E-state index contributed by atoms with van der Waals surface area (Å²) in [5, 5.41) is 2.53. The second kappa shape index (κ2) is 5.48. The average molecular weight is 326 g/mol. The van der Waals surface area contributed by atoms with Crippen molar-refractivity contribution in [1.29, 1.82) is 0 Å². The second-order valence-electron chi connectivity index (χ2n) is 4.04. The van der Waals surface area contributed by atoms with Gasteiger partial charge in [0.25, 0.3) is 5.91 Å². The zero-order chi connectivity index (χ0) is 14.0. The van der Waals surface area contributed by atoms with E-state index in [-0.39, 0.29) is 5.56 Å². The molecule has 0 aromatic heterocycles. The lowest BCUT2D eigenvalue weighted by molar-refractivity contribution is 0.102. The number of benzene rings is 2. The third kappa shape index (κ3) is 3.17. The zero-order valence-corrected chi connectivity index (χ0v) is 11.6. The van der Waals surface area contributed by atoms with Crippen molar-refractivity contribution in [2.75, 3.05) is 5.32 Å². The standard InChI is InChI=1S/C14H10BrF2NO/c1-8-2-3-9(16)6-11(8)14(19)18-10-4-5-12(15)13(17)7-10/h2-7H,1H3,(H,18,19). The Morgan fingerprint density at radius 2 is 1.89 bits per heavy atom. The fourth-order valence-electron chi connectivity index (χ4n) is 1.61. The van der Waals surface area contributed by atoms with E-state index in [9.17, 15) is 13.6 Å². The van der Waals surface area contributed by atoms with Gasteiger partial charge in [-0.15, -0.1) is 0 Å². The summed E-state index contributed by atoms with van der Waals surface area (Å²) in [6.07, 6.45) is 0. The van der Waals surface area contributed by atoms with Gasteiger partial charge < -0.3 is 5.32 Å². The third-order valence-corrected chi connectivity index (χ3v) is 3.26. The van der Waals surface area contributed by atoms with Gasteiger partial charge in [0, 0.05) is 11.3 Å². The summed E-state index contributed by atoms with van der Waals surface area (Å²) >= 11 is 3.02. The smallest absolute Gasteiger partial charge is 0.256 e. The Kier molecular flexibility index (Phi) is 3.95. The van der Waals surface area contributed by atoms with E-state index < -0.39 is 17.5 Å². The SMILES string of the molecule is Cc1ccc(F)cc1C(=O)Nc1ccc(Br)c(F)c1. The minimum atomic E-state index is -0.488. The first-order valence-electron chi connectivity index (χ1n) is 5.50. The average Bonchev–Trinajstić information content (AvgIpc) is 2.36. The lowest BCUT2D eigenvalue weighted by Crippen LogP contribution is -2.13. The van der Waals surface area contributed by atoms with Crippen LogP contribution in [0.1, 0.15) is 15.9 Å². The van der Waals surface area contributed by atoms with Crippen LogP contribution in [0, 0.1) is 18.6 Å².